The van der Waals surface area contributed by atoms with Crippen LogP contribution in [0, 0.1) is 5.92 Å². The normalized spacial score (nSPS) is 24.8. The highest BCUT2D eigenvalue weighted by Crippen LogP contribution is 2.29. The summed E-state index contributed by atoms with van der Waals surface area (Å²) < 4.78 is 0. The third kappa shape index (κ3) is 3.16. The molecule has 1 aromatic rings. The quantitative estimate of drug-likeness (QED) is 0.513. The molecule has 4 N–H and O–H groups in total. The number of hydrogen-bond acceptors (Lipinski definition) is 8. The van der Waals surface area contributed by atoms with Crippen molar-refractivity contribution >= 4 is 17.8 Å². The Bertz CT molecular complexity index is 485. The molecular weight excluding hydrogens is 270 g/mol. The predicted octanol–water partition coefficient (Wildman–Crippen LogP) is -0.0355. The van der Waals surface area contributed by atoms with Crippen molar-refractivity contribution < 1.29 is 5.11 Å². The minimum absolute atomic E-state index is 0.136. The topological polar surface area (TPSA) is 103 Å². The van der Waals surface area contributed by atoms with E-state index in [0.29, 0.717) is 23.8 Å². The lowest BCUT2D eigenvalue weighted by Crippen LogP contribution is -2.38. The molecule has 116 valence electrons. The third-order valence-corrected chi connectivity index (χ3v) is 4.21. The molecule has 1 saturated heterocycles. The maximum atomic E-state index is 9.38. The molecular formula is C13H23N7O. The van der Waals surface area contributed by atoms with Gasteiger partial charge in [-0.2, -0.15) is 15.0 Å². The van der Waals surface area contributed by atoms with E-state index in [1.807, 2.05) is 11.9 Å². The second-order valence-electron chi connectivity index (χ2n) is 5.97. The van der Waals surface area contributed by atoms with Crippen molar-refractivity contribution in [1.82, 2.24) is 15.0 Å². The molecule has 1 saturated carbocycles. The van der Waals surface area contributed by atoms with Crippen LogP contribution in [0.2, 0.25) is 0 Å². The molecule has 21 heavy (non-hydrogen) atoms. The number of rotatable bonds is 5. The smallest absolute Gasteiger partial charge is 0.243 e. The van der Waals surface area contributed by atoms with Gasteiger partial charge in [-0.15, -0.1) is 0 Å². The van der Waals surface area contributed by atoms with Crippen LogP contribution in [0.25, 0.3) is 0 Å². The second kappa shape index (κ2) is 5.98. The minimum atomic E-state index is -0.136. The number of anilines is 3. The van der Waals surface area contributed by atoms with E-state index in [1.54, 1.807) is 0 Å². The Morgan fingerprint density at radius 3 is 2.62 bits per heavy atom. The molecule has 1 aliphatic heterocycles. The fraction of sp³-hybridized carbons (Fsp3) is 0.769. The van der Waals surface area contributed by atoms with Crippen LogP contribution in [0.3, 0.4) is 0 Å². The van der Waals surface area contributed by atoms with Crippen LogP contribution in [0.4, 0.5) is 17.8 Å². The first-order chi connectivity index (χ1) is 10.2. The van der Waals surface area contributed by atoms with Gasteiger partial charge in [0.1, 0.15) is 0 Å². The second-order valence-corrected chi connectivity index (χ2v) is 5.97. The summed E-state index contributed by atoms with van der Waals surface area (Å²) in [6.07, 6.45) is 3.92. The Balaban J connectivity index is 1.74. The van der Waals surface area contributed by atoms with E-state index in [0.717, 1.165) is 32.5 Å². The van der Waals surface area contributed by atoms with Gasteiger partial charge in [-0.1, -0.05) is 0 Å². The average molecular weight is 293 g/mol. The van der Waals surface area contributed by atoms with Gasteiger partial charge in [-0.05, 0) is 31.6 Å². The van der Waals surface area contributed by atoms with Crippen molar-refractivity contribution in [2.45, 2.75) is 31.8 Å². The Kier molecular flexibility index (Phi) is 4.07. The van der Waals surface area contributed by atoms with Crippen LogP contribution in [-0.2, 0) is 0 Å². The molecule has 2 heterocycles. The van der Waals surface area contributed by atoms with E-state index in [-0.39, 0.29) is 6.10 Å². The number of aliphatic hydroxyl groups is 1. The van der Waals surface area contributed by atoms with E-state index in [4.69, 9.17) is 5.84 Å². The average Bonchev–Trinajstić information content (AvgIpc) is 2.99. The molecule has 0 atom stereocenters. The van der Waals surface area contributed by atoms with Gasteiger partial charge in [0.25, 0.3) is 0 Å². The molecule has 8 nitrogen and oxygen atoms in total. The number of aliphatic hydroxyl groups excluding tert-OH is 1. The van der Waals surface area contributed by atoms with Gasteiger partial charge < -0.3 is 14.9 Å². The number of aromatic nitrogens is 3. The molecule has 1 aromatic heterocycles. The Hall–Kier alpha value is -1.67. The molecule has 0 bridgehead atoms. The Labute approximate surface area is 124 Å². The van der Waals surface area contributed by atoms with Crippen molar-refractivity contribution in [2.24, 2.45) is 11.8 Å². The SMILES string of the molecule is CN(CC1CC(O)C1)c1nc(NN)nc(N2CCCC2)n1. The summed E-state index contributed by atoms with van der Waals surface area (Å²) in [4.78, 5) is 17.4. The van der Waals surface area contributed by atoms with Crippen LogP contribution in [0.1, 0.15) is 25.7 Å². The molecule has 2 fully saturated rings. The molecule has 0 aromatic carbocycles. The van der Waals surface area contributed by atoms with Gasteiger partial charge in [-0.3, -0.25) is 5.43 Å². The van der Waals surface area contributed by atoms with Gasteiger partial charge in [0.2, 0.25) is 17.8 Å². The number of nitrogen functional groups attached to an aromatic ring is 1. The Morgan fingerprint density at radius 1 is 1.29 bits per heavy atom. The van der Waals surface area contributed by atoms with Crippen molar-refractivity contribution in [3.05, 3.63) is 0 Å². The van der Waals surface area contributed by atoms with Crippen LogP contribution in [0.15, 0.2) is 0 Å². The summed E-state index contributed by atoms with van der Waals surface area (Å²) in [7, 11) is 1.97. The standard InChI is InChI=1S/C13H23N7O/c1-19(8-9-6-10(21)7-9)12-15-11(18-14)16-13(17-12)20-4-2-3-5-20/h9-10,21H,2-8,14H2,1H3,(H,15,16,17,18). The summed E-state index contributed by atoms with van der Waals surface area (Å²) in [5, 5.41) is 9.38. The summed E-state index contributed by atoms with van der Waals surface area (Å²) in [6, 6.07) is 0. The molecule has 0 amide bonds. The van der Waals surface area contributed by atoms with Crippen molar-refractivity contribution in [3.63, 3.8) is 0 Å². The Morgan fingerprint density at radius 2 is 2.00 bits per heavy atom. The van der Waals surface area contributed by atoms with E-state index in [2.05, 4.69) is 25.3 Å². The highest BCUT2D eigenvalue weighted by Gasteiger charge is 2.29. The maximum absolute atomic E-state index is 9.38. The van der Waals surface area contributed by atoms with E-state index >= 15 is 0 Å². The fourth-order valence-electron chi connectivity index (χ4n) is 2.97. The molecule has 0 radical (unpaired) electrons. The summed E-state index contributed by atoms with van der Waals surface area (Å²) in [6.45, 7) is 2.79. The molecule has 1 aliphatic carbocycles. The first-order valence-electron chi connectivity index (χ1n) is 7.52. The summed E-state index contributed by atoms with van der Waals surface area (Å²) in [5.41, 5.74) is 2.52. The van der Waals surface area contributed by atoms with Gasteiger partial charge in [0.15, 0.2) is 0 Å². The zero-order valence-corrected chi connectivity index (χ0v) is 12.4. The monoisotopic (exact) mass is 293 g/mol. The number of nitrogens with two attached hydrogens (primary N) is 1. The molecule has 3 rings (SSSR count). The van der Waals surface area contributed by atoms with Crippen molar-refractivity contribution in [2.75, 3.05) is 41.9 Å². The minimum Gasteiger partial charge on any atom is -0.393 e. The van der Waals surface area contributed by atoms with Crippen LogP contribution in [-0.4, -0.2) is 52.8 Å². The zero-order chi connectivity index (χ0) is 14.8. The lowest BCUT2D eigenvalue weighted by Gasteiger charge is -2.34. The van der Waals surface area contributed by atoms with E-state index in [1.165, 1.54) is 12.8 Å². The van der Waals surface area contributed by atoms with E-state index in [9.17, 15) is 5.11 Å². The largest absolute Gasteiger partial charge is 0.393 e. The van der Waals surface area contributed by atoms with Gasteiger partial charge in [0.05, 0.1) is 6.10 Å². The number of hydrogen-bond donors (Lipinski definition) is 3. The zero-order valence-electron chi connectivity index (χ0n) is 12.4. The third-order valence-electron chi connectivity index (χ3n) is 4.21. The van der Waals surface area contributed by atoms with Gasteiger partial charge >= 0.3 is 0 Å². The number of hydrazine groups is 1. The maximum Gasteiger partial charge on any atom is 0.243 e. The molecule has 8 heteroatoms. The van der Waals surface area contributed by atoms with E-state index < -0.39 is 0 Å². The fourth-order valence-corrected chi connectivity index (χ4v) is 2.97. The molecule has 2 aliphatic rings. The lowest BCUT2D eigenvalue weighted by molar-refractivity contribution is 0.0463. The highest BCUT2D eigenvalue weighted by molar-refractivity contribution is 5.45. The van der Waals surface area contributed by atoms with Crippen LogP contribution < -0.4 is 21.1 Å². The number of nitrogens with zero attached hydrogens (tertiary/aromatic N) is 5. The van der Waals surface area contributed by atoms with Crippen molar-refractivity contribution in [1.29, 1.82) is 0 Å². The van der Waals surface area contributed by atoms with Gasteiger partial charge in [0, 0.05) is 26.7 Å². The van der Waals surface area contributed by atoms with Crippen LogP contribution in [0.5, 0.6) is 0 Å². The highest BCUT2D eigenvalue weighted by atomic mass is 16.3. The molecule has 0 unspecified atom stereocenters. The van der Waals surface area contributed by atoms with Crippen LogP contribution >= 0.6 is 0 Å². The number of nitrogens with one attached hydrogen (secondary N) is 1. The predicted molar refractivity (Wildman–Crippen MR) is 81.1 cm³/mol. The summed E-state index contributed by atoms with van der Waals surface area (Å²) >= 11 is 0. The first kappa shape index (κ1) is 14.3. The lowest BCUT2D eigenvalue weighted by atomic mass is 9.82. The van der Waals surface area contributed by atoms with Crippen molar-refractivity contribution in [3.8, 4) is 0 Å². The first-order valence-corrected chi connectivity index (χ1v) is 7.52. The molecule has 0 spiro atoms. The summed E-state index contributed by atoms with van der Waals surface area (Å²) in [5.74, 6) is 7.68. The van der Waals surface area contributed by atoms with Gasteiger partial charge in [-0.25, -0.2) is 5.84 Å².